The molecule has 2 N–H and O–H groups in total. The van der Waals surface area contributed by atoms with Gasteiger partial charge in [-0.05, 0) is 43.9 Å². The quantitative estimate of drug-likeness (QED) is 0.924. The van der Waals surface area contributed by atoms with E-state index >= 15 is 0 Å². The van der Waals surface area contributed by atoms with Gasteiger partial charge in [-0.15, -0.1) is 12.4 Å². The van der Waals surface area contributed by atoms with Crippen molar-refractivity contribution in [2.24, 2.45) is 11.7 Å². The van der Waals surface area contributed by atoms with Crippen LogP contribution in [0.15, 0.2) is 23.1 Å². The highest BCUT2D eigenvalue weighted by Gasteiger charge is 2.34. The highest BCUT2D eigenvalue weighted by atomic mass is 35.5. The molecule has 20 heavy (non-hydrogen) atoms. The van der Waals surface area contributed by atoms with E-state index in [0.717, 1.165) is 12.5 Å². The molecule has 1 heterocycles. The molecule has 2 rings (SSSR count). The third-order valence-electron chi connectivity index (χ3n) is 3.71. The SMILES string of the molecule is Cc1ccc(S(=O)(=O)N2CCC(C(C)N)C2)cc1F.Cl. The zero-order chi connectivity index (χ0) is 14.2. The minimum absolute atomic E-state index is 0. The predicted molar refractivity (Wildman–Crippen MR) is 78.9 cm³/mol. The van der Waals surface area contributed by atoms with E-state index < -0.39 is 15.8 Å². The molecule has 1 saturated heterocycles. The lowest BCUT2D eigenvalue weighted by molar-refractivity contribution is 0.428. The largest absolute Gasteiger partial charge is 0.328 e. The number of nitrogens with two attached hydrogens (primary N) is 1. The lowest BCUT2D eigenvalue weighted by atomic mass is 10.0. The van der Waals surface area contributed by atoms with E-state index in [4.69, 9.17) is 5.73 Å². The molecule has 1 aliphatic rings. The maximum absolute atomic E-state index is 13.5. The molecule has 2 atom stereocenters. The summed E-state index contributed by atoms with van der Waals surface area (Å²) < 4.78 is 39.7. The van der Waals surface area contributed by atoms with Crippen molar-refractivity contribution in [3.63, 3.8) is 0 Å². The number of rotatable bonds is 3. The Kier molecular flexibility index (Phi) is 5.54. The molecule has 7 heteroatoms. The molecular weight excluding hydrogens is 303 g/mol. The van der Waals surface area contributed by atoms with Crippen LogP contribution in [0.5, 0.6) is 0 Å². The fourth-order valence-corrected chi connectivity index (χ4v) is 3.81. The second-order valence-corrected chi connectivity index (χ2v) is 7.12. The highest BCUT2D eigenvalue weighted by molar-refractivity contribution is 7.89. The van der Waals surface area contributed by atoms with Gasteiger partial charge in [-0.25, -0.2) is 12.8 Å². The van der Waals surface area contributed by atoms with Crippen molar-refractivity contribution in [3.8, 4) is 0 Å². The Morgan fingerprint density at radius 2 is 2.10 bits per heavy atom. The first-order valence-electron chi connectivity index (χ1n) is 6.34. The lowest BCUT2D eigenvalue weighted by Gasteiger charge is -2.18. The molecule has 0 bridgehead atoms. The molecule has 0 spiro atoms. The van der Waals surface area contributed by atoms with Crippen LogP contribution in [0.4, 0.5) is 4.39 Å². The third kappa shape index (κ3) is 3.31. The van der Waals surface area contributed by atoms with Crippen molar-refractivity contribution in [3.05, 3.63) is 29.6 Å². The minimum Gasteiger partial charge on any atom is -0.328 e. The van der Waals surface area contributed by atoms with Gasteiger partial charge in [0.1, 0.15) is 5.82 Å². The van der Waals surface area contributed by atoms with Gasteiger partial charge in [-0.2, -0.15) is 4.31 Å². The van der Waals surface area contributed by atoms with E-state index in [9.17, 15) is 12.8 Å². The van der Waals surface area contributed by atoms with E-state index in [0.29, 0.717) is 18.7 Å². The normalized spacial score (nSPS) is 21.5. The van der Waals surface area contributed by atoms with Gasteiger partial charge in [0.2, 0.25) is 10.0 Å². The number of hydrogen-bond donors (Lipinski definition) is 1. The van der Waals surface area contributed by atoms with E-state index in [-0.39, 0.29) is 29.3 Å². The molecule has 1 fully saturated rings. The van der Waals surface area contributed by atoms with Crippen molar-refractivity contribution in [2.45, 2.75) is 31.2 Å². The van der Waals surface area contributed by atoms with Gasteiger partial charge in [0.05, 0.1) is 4.90 Å². The van der Waals surface area contributed by atoms with Crippen molar-refractivity contribution in [1.82, 2.24) is 4.31 Å². The van der Waals surface area contributed by atoms with Gasteiger partial charge in [0.15, 0.2) is 0 Å². The summed E-state index contributed by atoms with van der Waals surface area (Å²) >= 11 is 0. The van der Waals surface area contributed by atoms with E-state index in [1.807, 2.05) is 6.92 Å². The molecule has 0 amide bonds. The number of aryl methyl sites for hydroxylation is 1. The maximum atomic E-state index is 13.5. The monoisotopic (exact) mass is 322 g/mol. The third-order valence-corrected chi connectivity index (χ3v) is 5.57. The average molecular weight is 323 g/mol. The average Bonchev–Trinajstić information content (AvgIpc) is 2.82. The molecule has 0 aliphatic carbocycles. The molecule has 4 nitrogen and oxygen atoms in total. The number of nitrogens with zero attached hydrogens (tertiary/aromatic N) is 1. The van der Waals surface area contributed by atoms with Gasteiger partial charge in [0.25, 0.3) is 0 Å². The van der Waals surface area contributed by atoms with Crippen LogP contribution in [0.3, 0.4) is 0 Å². The number of halogens is 2. The topological polar surface area (TPSA) is 63.4 Å². The van der Waals surface area contributed by atoms with Gasteiger partial charge in [-0.1, -0.05) is 6.07 Å². The fraction of sp³-hybridized carbons (Fsp3) is 0.538. The second kappa shape index (κ2) is 6.39. The Labute approximate surface area is 125 Å². The summed E-state index contributed by atoms with van der Waals surface area (Å²) in [6, 6.07) is 3.99. The number of benzene rings is 1. The van der Waals surface area contributed by atoms with Crippen LogP contribution < -0.4 is 5.73 Å². The fourth-order valence-electron chi connectivity index (χ4n) is 2.28. The highest BCUT2D eigenvalue weighted by Crippen LogP contribution is 2.26. The van der Waals surface area contributed by atoms with Gasteiger partial charge >= 0.3 is 0 Å². The van der Waals surface area contributed by atoms with Gasteiger partial charge in [-0.3, -0.25) is 0 Å². The standard InChI is InChI=1S/C13H19FN2O2S.ClH/c1-9-3-4-12(7-13(9)14)19(17,18)16-6-5-11(8-16)10(2)15;/h3-4,7,10-11H,5-6,8,15H2,1-2H3;1H. The van der Waals surface area contributed by atoms with Gasteiger partial charge in [0, 0.05) is 19.1 Å². The Hall–Kier alpha value is -0.690. The molecule has 0 saturated carbocycles. The zero-order valence-corrected chi connectivity index (χ0v) is 13.2. The summed E-state index contributed by atoms with van der Waals surface area (Å²) in [4.78, 5) is 0.0147. The van der Waals surface area contributed by atoms with Crippen molar-refractivity contribution in [2.75, 3.05) is 13.1 Å². The molecule has 114 valence electrons. The molecule has 0 aromatic heterocycles. The first-order valence-corrected chi connectivity index (χ1v) is 7.78. The van der Waals surface area contributed by atoms with Crippen LogP contribution in [-0.2, 0) is 10.0 Å². The molecule has 1 aromatic carbocycles. The van der Waals surface area contributed by atoms with Crippen LogP contribution in [0.2, 0.25) is 0 Å². The smallest absolute Gasteiger partial charge is 0.243 e. The van der Waals surface area contributed by atoms with E-state index in [1.54, 1.807) is 6.92 Å². The molecule has 2 unspecified atom stereocenters. The Balaban J connectivity index is 0.00000200. The first kappa shape index (κ1) is 17.4. The summed E-state index contributed by atoms with van der Waals surface area (Å²) in [5.74, 6) is -0.325. The minimum atomic E-state index is -3.61. The number of sulfonamides is 1. The Morgan fingerprint density at radius 1 is 1.45 bits per heavy atom. The van der Waals surface area contributed by atoms with E-state index in [2.05, 4.69) is 0 Å². The number of hydrogen-bond acceptors (Lipinski definition) is 3. The summed E-state index contributed by atoms with van der Waals surface area (Å²) in [6.07, 6.45) is 0.755. The lowest BCUT2D eigenvalue weighted by Crippen LogP contribution is -2.33. The van der Waals surface area contributed by atoms with Crippen molar-refractivity contribution >= 4 is 22.4 Å². The summed E-state index contributed by atoms with van der Waals surface area (Å²) in [5, 5.41) is 0. The van der Waals surface area contributed by atoms with Gasteiger partial charge < -0.3 is 5.73 Å². The molecule has 0 radical (unpaired) electrons. The molecular formula is C13H20ClFN2O2S. The van der Waals surface area contributed by atoms with Crippen molar-refractivity contribution < 1.29 is 12.8 Å². The summed E-state index contributed by atoms with van der Waals surface area (Å²) in [7, 11) is -3.61. The van der Waals surface area contributed by atoms with Crippen LogP contribution in [0, 0.1) is 18.7 Å². The summed E-state index contributed by atoms with van der Waals surface area (Å²) in [6.45, 7) is 4.35. The first-order chi connectivity index (χ1) is 8.82. The van der Waals surface area contributed by atoms with Crippen LogP contribution in [0.25, 0.3) is 0 Å². The van der Waals surface area contributed by atoms with Crippen molar-refractivity contribution in [1.29, 1.82) is 0 Å². The predicted octanol–water partition coefficient (Wildman–Crippen LogP) is 1.91. The Morgan fingerprint density at radius 3 is 2.60 bits per heavy atom. The van der Waals surface area contributed by atoms with E-state index in [1.165, 1.54) is 16.4 Å². The Bertz CT molecular complexity index is 578. The van der Waals surface area contributed by atoms with Crippen LogP contribution >= 0.6 is 12.4 Å². The molecule has 1 aromatic rings. The zero-order valence-electron chi connectivity index (χ0n) is 11.5. The maximum Gasteiger partial charge on any atom is 0.243 e. The molecule has 1 aliphatic heterocycles. The van der Waals surface area contributed by atoms with Crippen LogP contribution in [-0.4, -0.2) is 31.9 Å². The summed E-state index contributed by atoms with van der Waals surface area (Å²) in [5.41, 5.74) is 6.24. The van der Waals surface area contributed by atoms with Crippen LogP contribution in [0.1, 0.15) is 18.9 Å². The second-order valence-electron chi connectivity index (χ2n) is 5.18.